The predicted molar refractivity (Wildman–Crippen MR) is 284 cm³/mol. The lowest BCUT2D eigenvalue weighted by molar-refractivity contribution is -0.172. The number of ether oxygens (including phenoxy) is 5. The standard InChI is InChI=1S/C52H68N12O14S/c1-9-52(71)34-17-37-44-32(24-64(37)47(69)33(34)25-74-48(52)70)31(30-16-38-39(76-27-75-38)18-36(30)60-44)21-56-41(65)23-57-45(67)35(12-10-11-14-53)61-46(68)43(28(2)3)62-42(66)26-78-50(4,5)13-15-77-51(6,7)40(63-54)22-55-29-19-58-49(59-20-29)79(8,72)73/h16-20,22,28,35,43,54-55,71H,9-15,21,23-27,53H2,1-8H3,(H,56,65)(H,57,67)(H,61,68)(H,62,66)/b40-22-,63-54?/t35-,43-,52-/m0/s1. The number of pyridine rings is 2. The highest BCUT2D eigenvalue weighted by Gasteiger charge is 2.46. The zero-order valence-electron chi connectivity index (χ0n) is 45.4. The van der Waals surface area contributed by atoms with Crippen LogP contribution in [-0.2, 0) is 73.3 Å². The Morgan fingerprint density at radius 3 is 2.34 bits per heavy atom. The number of carbonyl (C=O) groups is 5. The Labute approximate surface area is 455 Å². The van der Waals surface area contributed by atoms with Gasteiger partial charge in [-0.05, 0) is 90.0 Å². The Morgan fingerprint density at radius 1 is 0.975 bits per heavy atom. The molecule has 0 bridgehead atoms. The number of rotatable bonds is 26. The van der Waals surface area contributed by atoms with Crippen molar-refractivity contribution in [3.63, 3.8) is 0 Å². The summed E-state index contributed by atoms with van der Waals surface area (Å²) in [7, 11) is -3.58. The molecule has 3 atom stereocenters. The SMILES string of the molecule is CC[C@@]1(O)C(=O)OCc2c1cc1n(c2=O)Cc2c-1nc1cc3c(cc1c2CNC(=O)CNC(=O)[C@H](CCCCN)NC(=O)[C@@H](NC(=O)COC(C)(C)CCOC(C)(C)/C(=C/Nc1cnc(S(C)(=O)=O)nc1)N=N)C(C)C)OCO3. The van der Waals surface area contributed by atoms with Crippen LogP contribution in [0.25, 0.3) is 22.3 Å². The molecule has 7 rings (SSSR count). The van der Waals surface area contributed by atoms with Crippen LogP contribution in [0.3, 0.4) is 0 Å². The third-order valence-corrected chi connectivity index (χ3v) is 14.7. The van der Waals surface area contributed by atoms with Crippen molar-refractivity contribution >= 4 is 56.0 Å². The Balaban J connectivity index is 0.947. The maximum atomic E-state index is 14.0. The van der Waals surface area contributed by atoms with Crippen LogP contribution in [0.1, 0.15) is 103 Å². The van der Waals surface area contributed by atoms with Gasteiger partial charge in [0.2, 0.25) is 45.4 Å². The molecular weight excluding hydrogens is 1050 g/mol. The maximum Gasteiger partial charge on any atom is 0.343 e. The highest BCUT2D eigenvalue weighted by Crippen LogP contribution is 2.43. The van der Waals surface area contributed by atoms with Gasteiger partial charge in [-0.3, -0.25) is 24.0 Å². The summed E-state index contributed by atoms with van der Waals surface area (Å²) >= 11 is 0. The van der Waals surface area contributed by atoms with E-state index in [1.807, 2.05) is 0 Å². The van der Waals surface area contributed by atoms with Crippen molar-refractivity contribution in [2.45, 2.75) is 134 Å². The zero-order valence-corrected chi connectivity index (χ0v) is 46.2. The first-order valence-corrected chi connectivity index (χ1v) is 27.6. The lowest BCUT2D eigenvalue weighted by Gasteiger charge is -2.31. The summed E-state index contributed by atoms with van der Waals surface area (Å²) in [6.07, 6.45) is 6.42. The van der Waals surface area contributed by atoms with E-state index in [9.17, 15) is 42.3 Å². The Morgan fingerprint density at radius 2 is 1.68 bits per heavy atom. The van der Waals surface area contributed by atoms with Crippen LogP contribution in [-0.4, -0.2) is 125 Å². The van der Waals surface area contributed by atoms with Gasteiger partial charge in [-0.15, -0.1) is 0 Å². The summed E-state index contributed by atoms with van der Waals surface area (Å²) in [6.45, 7) is 11.2. The van der Waals surface area contributed by atoms with E-state index in [1.165, 1.54) is 23.2 Å². The van der Waals surface area contributed by atoms with Crippen molar-refractivity contribution in [2.75, 3.05) is 44.7 Å². The number of nitrogens with two attached hydrogens (primary N) is 1. The normalized spacial score (nSPS) is 16.5. The largest absolute Gasteiger partial charge is 0.458 e. The monoisotopic (exact) mass is 1120 g/mol. The number of nitrogens with zero attached hydrogens (tertiary/aromatic N) is 5. The number of esters is 1. The van der Waals surface area contributed by atoms with Crippen LogP contribution >= 0.6 is 0 Å². The Hall–Kier alpha value is -7.46. The molecule has 27 heteroatoms. The zero-order chi connectivity index (χ0) is 57.6. The average molecular weight is 1120 g/mol. The average Bonchev–Trinajstić information content (AvgIpc) is 4.03. The molecule has 0 fully saturated rings. The van der Waals surface area contributed by atoms with Gasteiger partial charge < -0.3 is 65.7 Å². The van der Waals surface area contributed by atoms with Gasteiger partial charge in [-0.25, -0.2) is 33.7 Å². The number of unbranched alkanes of at least 4 members (excludes halogenated alkanes) is 1. The number of benzene rings is 1. The quantitative estimate of drug-likeness (QED) is 0.0171. The minimum absolute atomic E-state index is 0.0123. The summed E-state index contributed by atoms with van der Waals surface area (Å²) in [5, 5.41) is 29.1. The van der Waals surface area contributed by atoms with Gasteiger partial charge >= 0.3 is 5.97 Å². The van der Waals surface area contributed by atoms with E-state index in [0.717, 1.165) is 6.26 Å². The number of cyclic esters (lactones) is 1. The molecule has 426 valence electrons. The summed E-state index contributed by atoms with van der Waals surface area (Å²) in [5.41, 5.74) is 12.3. The number of hydrogen-bond acceptors (Lipinski definition) is 21. The van der Waals surface area contributed by atoms with Crippen molar-refractivity contribution in [2.24, 2.45) is 16.8 Å². The Bertz CT molecular complexity index is 3240. The highest BCUT2D eigenvalue weighted by atomic mass is 32.2. The van der Waals surface area contributed by atoms with E-state index < -0.39 is 93.0 Å². The van der Waals surface area contributed by atoms with Gasteiger partial charge in [0.05, 0.1) is 65.8 Å². The maximum absolute atomic E-state index is 14.0. The predicted octanol–water partition coefficient (Wildman–Crippen LogP) is 2.45. The van der Waals surface area contributed by atoms with Crippen LogP contribution in [0.2, 0.25) is 0 Å². The molecule has 9 N–H and O–H groups in total. The first kappa shape index (κ1) is 59.2. The molecule has 0 spiro atoms. The number of aliphatic hydroxyl groups is 1. The molecule has 3 aliphatic rings. The molecule has 79 heavy (non-hydrogen) atoms. The number of aromatic nitrogens is 4. The van der Waals surface area contributed by atoms with Gasteiger partial charge in [0.1, 0.15) is 36.6 Å². The number of anilines is 1. The van der Waals surface area contributed by atoms with Gasteiger partial charge in [-0.1, -0.05) is 20.8 Å². The van der Waals surface area contributed by atoms with Crippen molar-refractivity contribution in [3.8, 4) is 22.9 Å². The summed E-state index contributed by atoms with van der Waals surface area (Å²) in [6, 6.07) is 2.84. The third-order valence-electron chi connectivity index (χ3n) is 13.9. The molecule has 0 saturated heterocycles. The van der Waals surface area contributed by atoms with Gasteiger partial charge in [0, 0.05) is 41.6 Å². The second-order valence-electron chi connectivity index (χ2n) is 20.8. The molecule has 0 unspecified atom stereocenters. The highest BCUT2D eigenvalue weighted by molar-refractivity contribution is 7.90. The molecule has 6 heterocycles. The molecule has 0 radical (unpaired) electrons. The minimum Gasteiger partial charge on any atom is -0.458 e. The topological polar surface area (TPSA) is 369 Å². The number of sulfone groups is 1. The second kappa shape index (κ2) is 24.3. The van der Waals surface area contributed by atoms with Crippen LogP contribution in [0, 0.1) is 11.4 Å². The molecule has 1 aromatic carbocycles. The fraction of sp³-hybridized carbons (Fsp3) is 0.519. The Kier molecular flexibility index (Phi) is 18.2. The number of carbonyl (C=O) groups excluding carboxylic acids is 5. The van der Waals surface area contributed by atoms with Gasteiger partial charge in [0.25, 0.3) is 5.56 Å². The van der Waals surface area contributed by atoms with E-state index in [-0.39, 0.29) is 67.9 Å². The first-order valence-electron chi connectivity index (χ1n) is 25.7. The number of nitrogens with one attached hydrogen (secondary N) is 6. The molecule has 0 aliphatic carbocycles. The smallest absolute Gasteiger partial charge is 0.343 e. The van der Waals surface area contributed by atoms with Gasteiger partial charge in [-0.2, -0.15) is 5.11 Å². The van der Waals surface area contributed by atoms with E-state index in [1.54, 1.807) is 66.7 Å². The fourth-order valence-corrected chi connectivity index (χ4v) is 9.59. The first-order chi connectivity index (χ1) is 37.3. The third kappa shape index (κ3) is 13.5. The van der Waals surface area contributed by atoms with Crippen molar-refractivity contribution < 1.29 is 61.2 Å². The summed E-state index contributed by atoms with van der Waals surface area (Å²) < 4.78 is 53.4. The van der Waals surface area contributed by atoms with Crippen LogP contribution in [0.5, 0.6) is 11.5 Å². The number of amides is 4. The van der Waals surface area contributed by atoms with E-state index in [0.29, 0.717) is 76.4 Å². The molecule has 4 aromatic rings. The van der Waals surface area contributed by atoms with Crippen molar-refractivity contribution in [3.05, 3.63) is 75.1 Å². The molecule has 4 amide bonds. The molecule has 3 aliphatic heterocycles. The molecule has 0 saturated carbocycles. The fourth-order valence-electron chi connectivity index (χ4n) is 9.10. The molecule has 26 nitrogen and oxygen atoms in total. The lowest BCUT2D eigenvalue weighted by Crippen LogP contribution is -2.56. The van der Waals surface area contributed by atoms with Crippen molar-refractivity contribution in [1.29, 1.82) is 5.53 Å². The van der Waals surface area contributed by atoms with Crippen LogP contribution in [0.15, 0.2) is 57.6 Å². The van der Waals surface area contributed by atoms with Gasteiger partial charge in [0.15, 0.2) is 17.1 Å². The second-order valence-corrected chi connectivity index (χ2v) is 22.8. The minimum atomic E-state index is -3.58. The van der Waals surface area contributed by atoms with Crippen LogP contribution < -0.4 is 47.4 Å². The summed E-state index contributed by atoms with van der Waals surface area (Å²) in [4.78, 5) is 93.9. The van der Waals surface area contributed by atoms with E-state index in [2.05, 4.69) is 41.7 Å². The molecular formula is C52H68N12O14S. The lowest BCUT2D eigenvalue weighted by atomic mass is 9.86. The number of hydrogen-bond donors (Lipinski definition) is 8. The van der Waals surface area contributed by atoms with E-state index >= 15 is 0 Å². The summed E-state index contributed by atoms with van der Waals surface area (Å²) in [5.74, 6) is -2.83. The number of fused-ring (bicyclic) bond motifs is 6. The van der Waals surface area contributed by atoms with E-state index in [4.69, 9.17) is 39.9 Å². The van der Waals surface area contributed by atoms with Crippen molar-refractivity contribution in [1.82, 2.24) is 40.8 Å². The molecule has 3 aromatic heterocycles. The van der Waals surface area contributed by atoms with Crippen LogP contribution in [0.4, 0.5) is 5.69 Å².